The number of carbonyl (C=O) groups excluding carboxylic acids is 1. The molecular formula is C21H22N2O2. The van der Waals surface area contributed by atoms with Crippen molar-refractivity contribution in [3.8, 4) is 0 Å². The SMILES string of the molecule is O=C(CC(c1ccccc1)c1c[nH]c2ccccc12)N1CCOCC1. The summed E-state index contributed by atoms with van der Waals surface area (Å²) in [5.74, 6) is 0.245. The zero-order chi connectivity index (χ0) is 17.1. The number of amides is 1. The van der Waals surface area contributed by atoms with Gasteiger partial charge in [-0.05, 0) is 17.2 Å². The van der Waals surface area contributed by atoms with Crippen LogP contribution in [0.25, 0.3) is 10.9 Å². The maximum Gasteiger partial charge on any atom is 0.223 e. The Balaban J connectivity index is 1.68. The molecule has 1 aliphatic rings. The first-order valence-electron chi connectivity index (χ1n) is 8.79. The van der Waals surface area contributed by atoms with E-state index in [1.54, 1.807) is 0 Å². The number of aromatic nitrogens is 1. The number of fused-ring (bicyclic) bond motifs is 1. The number of hydrogen-bond acceptors (Lipinski definition) is 2. The van der Waals surface area contributed by atoms with Gasteiger partial charge < -0.3 is 14.6 Å². The maximum absolute atomic E-state index is 12.9. The fourth-order valence-electron chi connectivity index (χ4n) is 3.59. The average Bonchev–Trinajstić information content (AvgIpc) is 3.11. The molecule has 128 valence electrons. The monoisotopic (exact) mass is 334 g/mol. The first-order chi connectivity index (χ1) is 12.3. The molecule has 3 aromatic rings. The normalized spacial score (nSPS) is 16.1. The lowest BCUT2D eigenvalue weighted by Crippen LogP contribution is -2.41. The highest BCUT2D eigenvalue weighted by molar-refractivity contribution is 5.86. The number of aromatic amines is 1. The molecule has 1 saturated heterocycles. The van der Waals surface area contributed by atoms with Crippen LogP contribution in [0.2, 0.25) is 0 Å². The van der Waals surface area contributed by atoms with Gasteiger partial charge in [0.1, 0.15) is 0 Å². The minimum Gasteiger partial charge on any atom is -0.378 e. The molecule has 0 saturated carbocycles. The van der Waals surface area contributed by atoms with Crippen molar-refractivity contribution in [2.45, 2.75) is 12.3 Å². The van der Waals surface area contributed by atoms with Crippen LogP contribution in [0.3, 0.4) is 0 Å². The Morgan fingerprint density at radius 2 is 1.76 bits per heavy atom. The molecule has 25 heavy (non-hydrogen) atoms. The molecular weight excluding hydrogens is 312 g/mol. The molecule has 1 aromatic heterocycles. The van der Waals surface area contributed by atoms with Crippen molar-refractivity contribution in [3.05, 3.63) is 71.9 Å². The molecule has 1 aliphatic heterocycles. The van der Waals surface area contributed by atoms with Crippen molar-refractivity contribution in [1.82, 2.24) is 9.88 Å². The Kier molecular flexibility index (Phi) is 4.53. The minimum absolute atomic E-state index is 0.0488. The van der Waals surface area contributed by atoms with Crippen molar-refractivity contribution in [2.75, 3.05) is 26.3 Å². The van der Waals surface area contributed by atoms with Gasteiger partial charge in [0, 0.05) is 42.5 Å². The van der Waals surface area contributed by atoms with Crippen molar-refractivity contribution in [2.24, 2.45) is 0 Å². The number of nitrogens with one attached hydrogen (secondary N) is 1. The Bertz CT molecular complexity index is 850. The Morgan fingerprint density at radius 1 is 1.04 bits per heavy atom. The summed E-state index contributed by atoms with van der Waals surface area (Å²) in [5, 5.41) is 1.19. The van der Waals surface area contributed by atoms with Crippen LogP contribution in [-0.2, 0) is 9.53 Å². The third-order valence-electron chi connectivity index (χ3n) is 4.94. The second-order valence-corrected chi connectivity index (χ2v) is 6.45. The molecule has 0 radical (unpaired) electrons. The minimum atomic E-state index is 0.0488. The number of morpholine rings is 1. The molecule has 1 fully saturated rings. The Hall–Kier alpha value is -2.59. The summed E-state index contributed by atoms with van der Waals surface area (Å²) in [6.07, 6.45) is 2.53. The van der Waals surface area contributed by atoms with Crippen LogP contribution in [-0.4, -0.2) is 42.1 Å². The van der Waals surface area contributed by atoms with Gasteiger partial charge in [-0.1, -0.05) is 48.5 Å². The fraction of sp³-hybridized carbons (Fsp3) is 0.286. The highest BCUT2D eigenvalue weighted by Gasteiger charge is 2.25. The summed E-state index contributed by atoms with van der Waals surface area (Å²) in [7, 11) is 0. The highest BCUT2D eigenvalue weighted by Crippen LogP contribution is 2.33. The van der Waals surface area contributed by atoms with Gasteiger partial charge in [-0.25, -0.2) is 0 Å². The van der Waals surface area contributed by atoms with Crippen LogP contribution in [0.4, 0.5) is 0 Å². The predicted molar refractivity (Wildman–Crippen MR) is 98.6 cm³/mol. The molecule has 4 rings (SSSR count). The topological polar surface area (TPSA) is 45.3 Å². The van der Waals surface area contributed by atoms with Gasteiger partial charge in [-0.15, -0.1) is 0 Å². The van der Waals surface area contributed by atoms with Crippen molar-refractivity contribution in [3.63, 3.8) is 0 Å². The lowest BCUT2D eigenvalue weighted by molar-refractivity contribution is -0.135. The van der Waals surface area contributed by atoms with E-state index in [1.165, 1.54) is 16.5 Å². The van der Waals surface area contributed by atoms with Crippen molar-refractivity contribution >= 4 is 16.8 Å². The number of hydrogen-bond donors (Lipinski definition) is 1. The van der Waals surface area contributed by atoms with Crippen LogP contribution < -0.4 is 0 Å². The van der Waals surface area contributed by atoms with E-state index < -0.39 is 0 Å². The largest absolute Gasteiger partial charge is 0.378 e. The van der Waals surface area contributed by atoms with E-state index in [-0.39, 0.29) is 11.8 Å². The van der Waals surface area contributed by atoms with E-state index >= 15 is 0 Å². The number of nitrogens with zero attached hydrogens (tertiary/aromatic N) is 1. The second-order valence-electron chi connectivity index (χ2n) is 6.45. The quantitative estimate of drug-likeness (QED) is 0.793. The number of para-hydroxylation sites is 1. The van der Waals surface area contributed by atoms with Gasteiger partial charge in [-0.2, -0.15) is 0 Å². The smallest absolute Gasteiger partial charge is 0.223 e. The third kappa shape index (κ3) is 3.30. The first-order valence-corrected chi connectivity index (χ1v) is 8.79. The lowest BCUT2D eigenvalue weighted by Gasteiger charge is -2.28. The summed E-state index contributed by atoms with van der Waals surface area (Å²) in [6.45, 7) is 2.64. The number of H-pyrrole nitrogens is 1. The fourth-order valence-corrected chi connectivity index (χ4v) is 3.59. The van der Waals surface area contributed by atoms with E-state index in [2.05, 4.69) is 35.4 Å². The van der Waals surface area contributed by atoms with E-state index in [0.717, 1.165) is 5.52 Å². The van der Waals surface area contributed by atoms with E-state index in [1.807, 2.05) is 35.2 Å². The van der Waals surface area contributed by atoms with Gasteiger partial charge in [0.15, 0.2) is 0 Å². The lowest BCUT2D eigenvalue weighted by atomic mass is 9.88. The van der Waals surface area contributed by atoms with Crippen molar-refractivity contribution < 1.29 is 9.53 Å². The zero-order valence-electron chi connectivity index (χ0n) is 14.2. The van der Waals surface area contributed by atoms with Gasteiger partial charge >= 0.3 is 0 Å². The van der Waals surface area contributed by atoms with Crippen LogP contribution in [0.1, 0.15) is 23.5 Å². The third-order valence-corrected chi connectivity index (χ3v) is 4.94. The molecule has 0 bridgehead atoms. The average molecular weight is 334 g/mol. The first kappa shape index (κ1) is 15.9. The van der Waals surface area contributed by atoms with Crippen molar-refractivity contribution in [1.29, 1.82) is 0 Å². The molecule has 1 unspecified atom stereocenters. The summed E-state index contributed by atoms with van der Waals surface area (Å²) in [6, 6.07) is 18.6. The molecule has 2 heterocycles. The van der Waals surface area contributed by atoms with Crippen LogP contribution in [0, 0.1) is 0 Å². The predicted octanol–water partition coefficient (Wildman–Crippen LogP) is 3.55. The van der Waals surface area contributed by atoms with Crippen LogP contribution in [0.5, 0.6) is 0 Å². The maximum atomic E-state index is 12.9. The molecule has 2 aromatic carbocycles. The van der Waals surface area contributed by atoms with Gasteiger partial charge in [-0.3, -0.25) is 4.79 Å². The van der Waals surface area contributed by atoms with Crippen LogP contribution >= 0.6 is 0 Å². The van der Waals surface area contributed by atoms with Gasteiger partial charge in [0.25, 0.3) is 0 Å². The second kappa shape index (κ2) is 7.11. The van der Waals surface area contributed by atoms with Gasteiger partial charge in [0.05, 0.1) is 13.2 Å². The molecule has 4 nitrogen and oxygen atoms in total. The number of rotatable bonds is 4. The highest BCUT2D eigenvalue weighted by atomic mass is 16.5. The van der Waals surface area contributed by atoms with E-state index in [4.69, 9.17) is 4.74 Å². The molecule has 1 amide bonds. The zero-order valence-corrected chi connectivity index (χ0v) is 14.2. The standard InChI is InChI=1S/C21H22N2O2/c24-21(23-10-12-25-13-11-23)14-18(16-6-2-1-3-7-16)19-15-22-20-9-5-4-8-17(19)20/h1-9,15,18,22H,10-14H2. The molecule has 1 atom stereocenters. The number of ether oxygens (including phenoxy) is 1. The molecule has 0 spiro atoms. The van der Waals surface area contributed by atoms with E-state index in [9.17, 15) is 4.79 Å². The summed E-state index contributed by atoms with van der Waals surface area (Å²) < 4.78 is 5.37. The summed E-state index contributed by atoms with van der Waals surface area (Å²) in [5.41, 5.74) is 3.47. The summed E-state index contributed by atoms with van der Waals surface area (Å²) >= 11 is 0. The Morgan fingerprint density at radius 3 is 2.56 bits per heavy atom. The van der Waals surface area contributed by atoms with Crippen LogP contribution in [0.15, 0.2) is 60.8 Å². The molecule has 4 heteroatoms. The number of carbonyl (C=O) groups is 1. The van der Waals surface area contributed by atoms with E-state index in [0.29, 0.717) is 32.7 Å². The Labute approximate surface area is 147 Å². The van der Waals surface area contributed by atoms with Gasteiger partial charge in [0.2, 0.25) is 5.91 Å². The molecule has 1 N–H and O–H groups in total. The summed E-state index contributed by atoms with van der Waals surface area (Å²) in [4.78, 5) is 18.1. The number of benzene rings is 2. The molecule has 0 aliphatic carbocycles.